The van der Waals surface area contributed by atoms with Crippen molar-refractivity contribution in [2.45, 2.75) is 6.18 Å². The highest BCUT2D eigenvalue weighted by Crippen LogP contribution is 2.32. The minimum absolute atomic E-state index is 0.0664. The number of hydrogen-bond donors (Lipinski definition) is 2. The molecule has 0 saturated carbocycles. The molecule has 0 bridgehead atoms. The predicted molar refractivity (Wildman–Crippen MR) is 68.2 cm³/mol. The van der Waals surface area contributed by atoms with Crippen molar-refractivity contribution in [3.63, 3.8) is 0 Å². The van der Waals surface area contributed by atoms with Gasteiger partial charge in [-0.05, 0) is 24.3 Å². The standard InChI is InChI=1S/C14H9F3N2O/c15-14(16,17)9-3-1-2-8(6-9)13-18-11-5-4-10(20)7-12(11)19-13/h1-7,20H,(H,18,19). The van der Waals surface area contributed by atoms with E-state index in [1.54, 1.807) is 12.1 Å². The molecule has 0 radical (unpaired) electrons. The number of aromatic nitrogens is 2. The first-order chi connectivity index (χ1) is 9.43. The van der Waals surface area contributed by atoms with Crippen molar-refractivity contribution >= 4 is 11.0 Å². The number of aromatic hydroxyl groups is 1. The average Bonchev–Trinajstić information content (AvgIpc) is 2.81. The van der Waals surface area contributed by atoms with E-state index in [-0.39, 0.29) is 5.75 Å². The van der Waals surface area contributed by atoms with Crippen LogP contribution in [0.1, 0.15) is 5.56 Å². The maximum Gasteiger partial charge on any atom is 0.416 e. The molecule has 0 unspecified atom stereocenters. The number of phenols is 1. The molecule has 20 heavy (non-hydrogen) atoms. The third kappa shape index (κ3) is 2.20. The van der Waals surface area contributed by atoms with Crippen LogP contribution in [-0.2, 0) is 6.18 Å². The summed E-state index contributed by atoms with van der Waals surface area (Å²) in [7, 11) is 0. The van der Waals surface area contributed by atoms with Crippen molar-refractivity contribution in [1.29, 1.82) is 0 Å². The summed E-state index contributed by atoms with van der Waals surface area (Å²) < 4.78 is 38.0. The van der Waals surface area contributed by atoms with Gasteiger partial charge in [0.2, 0.25) is 0 Å². The fourth-order valence-corrected chi connectivity index (χ4v) is 1.98. The highest BCUT2D eigenvalue weighted by atomic mass is 19.4. The van der Waals surface area contributed by atoms with Crippen LogP contribution in [0.25, 0.3) is 22.4 Å². The topological polar surface area (TPSA) is 48.9 Å². The van der Waals surface area contributed by atoms with E-state index in [4.69, 9.17) is 0 Å². The first-order valence-corrected chi connectivity index (χ1v) is 5.80. The summed E-state index contributed by atoms with van der Waals surface area (Å²) in [6.07, 6.45) is -4.39. The molecule has 1 heterocycles. The van der Waals surface area contributed by atoms with Crippen LogP contribution in [0.5, 0.6) is 5.75 Å². The Kier molecular flexibility index (Phi) is 2.67. The Hall–Kier alpha value is -2.50. The van der Waals surface area contributed by atoms with Gasteiger partial charge in [-0.3, -0.25) is 0 Å². The highest BCUT2D eigenvalue weighted by molar-refractivity contribution is 5.80. The second-order valence-corrected chi connectivity index (χ2v) is 4.37. The van der Waals surface area contributed by atoms with Crippen molar-refractivity contribution in [1.82, 2.24) is 9.97 Å². The second-order valence-electron chi connectivity index (χ2n) is 4.37. The number of phenolic OH excluding ortho intramolecular Hbond substituents is 1. The zero-order valence-corrected chi connectivity index (χ0v) is 10.1. The molecule has 1 aromatic heterocycles. The van der Waals surface area contributed by atoms with Gasteiger partial charge in [0.1, 0.15) is 11.6 Å². The van der Waals surface area contributed by atoms with Gasteiger partial charge < -0.3 is 10.1 Å². The number of hydrogen-bond acceptors (Lipinski definition) is 2. The summed E-state index contributed by atoms with van der Waals surface area (Å²) in [4.78, 5) is 7.11. The molecule has 0 aliphatic heterocycles. The van der Waals surface area contributed by atoms with E-state index in [2.05, 4.69) is 9.97 Å². The lowest BCUT2D eigenvalue weighted by molar-refractivity contribution is -0.137. The molecule has 0 spiro atoms. The number of imidazole rings is 1. The number of nitrogens with one attached hydrogen (secondary N) is 1. The molecule has 102 valence electrons. The summed E-state index contributed by atoms with van der Waals surface area (Å²) >= 11 is 0. The van der Waals surface area contributed by atoms with Crippen LogP contribution in [0, 0.1) is 0 Å². The molecule has 3 aromatic rings. The number of H-pyrrole nitrogens is 1. The van der Waals surface area contributed by atoms with Crippen LogP contribution >= 0.6 is 0 Å². The molecule has 3 nitrogen and oxygen atoms in total. The fraction of sp³-hybridized carbons (Fsp3) is 0.0714. The molecule has 0 atom stereocenters. The number of rotatable bonds is 1. The first kappa shape index (κ1) is 12.5. The lowest BCUT2D eigenvalue weighted by atomic mass is 10.1. The number of nitrogens with zero attached hydrogens (tertiary/aromatic N) is 1. The van der Waals surface area contributed by atoms with Gasteiger partial charge in [-0.1, -0.05) is 12.1 Å². The van der Waals surface area contributed by atoms with E-state index in [9.17, 15) is 18.3 Å². The molecule has 0 aliphatic rings. The van der Waals surface area contributed by atoms with Crippen LogP contribution in [0.4, 0.5) is 13.2 Å². The molecular formula is C14H9F3N2O. The largest absolute Gasteiger partial charge is 0.508 e. The Balaban J connectivity index is 2.11. The van der Waals surface area contributed by atoms with E-state index >= 15 is 0 Å². The molecule has 0 saturated heterocycles. The summed E-state index contributed by atoms with van der Waals surface area (Å²) in [5.74, 6) is 0.397. The van der Waals surface area contributed by atoms with E-state index in [1.165, 1.54) is 18.2 Å². The van der Waals surface area contributed by atoms with Crippen molar-refractivity contribution < 1.29 is 18.3 Å². The normalized spacial score (nSPS) is 11.9. The Morgan fingerprint density at radius 1 is 1.05 bits per heavy atom. The molecule has 2 N–H and O–H groups in total. The van der Waals surface area contributed by atoms with Gasteiger partial charge in [-0.15, -0.1) is 0 Å². The minimum Gasteiger partial charge on any atom is -0.508 e. The van der Waals surface area contributed by atoms with Crippen LogP contribution in [0.3, 0.4) is 0 Å². The maximum atomic E-state index is 12.7. The summed E-state index contributed by atoms with van der Waals surface area (Å²) in [5.41, 5.74) is 0.765. The number of halogens is 3. The summed E-state index contributed by atoms with van der Waals surface area (Å²) in [6, 6.07) is 9.47. The van der Waals surface area contributed by atoms with Gasteiger partial charge in [0.05, 0.1) is 16.6 Å². The van der Waals surface area contributed by atoms with Gasteiger partial charge in [-0.25, -0.2) is 4.98 Å². The van der Waals surface area contributed by atoms with Gasteiger partial charge in [0, 0.05) is 11.6 Å². The number of benzene rings is 2. The number of aromatic amines is 1. The van der Waals surface area contributed by atoms with Gasteiger partial charge in [0.15, 0.2) is 0 Å². The van der Waals surface area contributed by atoms with Crippen molar-refractivity contribution in [2.24, 2.45) is 0 Å². The van der Waals surface area contributed by atoms with Crippen molar-refractivity contribution in [3.8, 4) is 17.1 Å². The minimum atomic E-state index is -4.39. The predicted octanol–water partition coefficient (Wildman–Crippen LogP) is 3.95. The molecule has 3 rings (SSSR count). The van der Waals surface area contributed by atoms with Gasteiger partial charge in [-0.2, -0.15) is 13.2 Å². The lowest BCUT2D eigenvalue weighted by Gasteiger charge is -2.07. The van der Waals surface area contributed by atoms with Crippen LogP contribution in [-0.4, -0.2) is 15.1 Å². The molecule has 0 fully saturated rings. The van der Waals surface area contributed by atoms with Crippen LogP contribution < -0.4 is 0 Å². The van der Waals surface area contributed by atoms with E-state index < -0.39 is 11.7 Å². The van der Waals surface area contributed by atoms with Gasteiger partial charge in [0.25, 0.3) is 0 Å². The SMILES string of the molecule is Oc1ccc2nc(-c3cccc(C(F)(F)F)c3)[nH]c2c1. The van der Waals surface area contributed by atoms with E-state index in [0.29, 0.717) is 22.4 Å². The smallest absolute Gasteiger partial charge is 0.416 e. The average molecular weight is 278 g/mol. The fourth-order valence-electron chi connectivity index (χ4n) is 1.98. The number of alkyl halides is 3. The number of fused-ring (bicyclic) bond motifs is 1. The Bertz CT molecular complexity index is 777. The Labute approximate surface area is 111 Å². The molecule has 6 heteroatoms. The third-order valence-corrected chi connectivity index (χ3v) is 2.93. The van der Waals surface area contributed by atoms with E-state index in [0.717, 1.165) is 12.1 Å². The van der Waals surface area contributed by atoms with E-state index in [1.807, 2.05) is 0 Å². The zero-order chi connectivity index (χ0) is 14.3. The van der Waals surface area contributed by atoms with Gasteiger partial charge >= 0.3 is 6.18 Å². The quantitative estimate of drug-likeness (QED) is 0.708. The first-order valence-electron chi connectivity index (χ1n) is 5.80. The molecule has 2 aromatic carbocycles. The van der Waals surface area contributed by atoms with Crippen LogP contribution in [0.2, 0.25) is 0 Å². The lowest BCUT2D eigenvalue weighted by Crippen LogP contribution is -2.04. The monoisotopic (exact) mass is 278 g/mol. The van der Waals surface area contributed by atoms with Crippen LogP contribution in [0.15, 0.2) is 42.5 Å². The Morgan fingerprint density at radius 2 is 1.85 bits per heavy atom. The second kappa shape index (κ2) is 4.26. The summed E-state index contributed by atoms with van der Waals surface area (Å²) in [6.45, 7) is 0. The molecular weight excluding hydrogens is 269 g/mol. The Morgan fingerprint density at radius 3 is 2.60 bits per heavy atom. The van der Waals surface area contributed by atoms with Crippen molar-refractivity contribution in [2.75, 3.05) is 0 Å². The zero-order valence-electron chi connectivity index (χ0n) is 10.1. The summed E-state index contributed by atoms with van der Waals surface area (Å²) in [5, 5.41) is 9.36. The highest BCUT2D eigenvalue weighted by Gasteiger charge is 2.30. The maximum absolute atomic E-state index is 12.7. The van der Waals surface area contributed by atoms with Crippen molar-refractivity contribution in [3.05, 3.63) is 48.0 Å². The third-order valence-electron chi connectivity index (χ3n) is 2.93. The molecule has 0 amide bonds. The molecule has 0 aliphatic carbocycles.